The summed E-state index contributed by atoms with van der Waals surface area (Å²) in [5, 5.41) is 2.81. The van der Waals surface area contributed by atoms with Gasteiger partial charge >= 0.3 is 0 Å². The first kappa shape index (κ1) is 16.8. The summed E-state index contributed by atoms with van der Waals surface area (Å²) in [5.41, 5.74) is -0.236. The van der Waals surface area contributed by atoms with Gasteiger partial charge in [-0.15, -0.1) is 0 Å². The van der Waals surface area contributed by atoms with Crippen molar-refractivity contribution in [3.05, 3.63) is 70.3 Å². The SMILES string of the molecule is CS(=O)(=O)c1ccc(F)c(NC(=O)c2cc(=O)[nH]c3ccccc23)c1. The van der Waals surface area contributed by atoms with Crippen molar-refractivity contribution in [2.75, 3.05) is 11.6 Å². The molecule has 0 saturated heterocycles. The van der Waals surface area contributed by atoms with Crippen molar-refractivity contribution in [2.45, 2.75) is 4.90 Å². The summed E-state index contributed by atoms with van der Waals surface area (Å²) in [6.07, 6.45) is 0.982. The third kappa shape index (κ3) is 3.43. The van der Waals surface area contributed by atoms with Crippen molar-refractivity contribution in [2.24, 2.45) is 0 Å². The molecule has 0 spiro atoms. The number of hydrogen-bond acceptors (Lipinski definition) is 4. The molecular formula is C17H13FN2O4S. The fourth-order valence-electron chi connectivity index (χ4n) is 2.41. The summed E-state index contributed by atoms with van der Waals surface area (Å²) >= 11 is 0. The zero-order valence-corrected chi connectivity index (χ0v) is 13.9. The number of halogens is 1. The van der Waals surface area contributed by atoms with Gasteiger partial charge in [0.25, 0.3) is 5.91 Å². The zero-order chi connectivity index (χ0) is 18.2. The second kappa shape index (κ2) is 6.14. The number of aromatic amines is 1. The predicted molar refractivity (Wildman–Crippen MR) is 92.0 cm³/mol. The summed E-state index contributed by atoms with van der Waals surface area (Å²) in [5.74, 6) is -1.50. The standard InChI is InChI=1S/C17H13FN2O4S/c1-25(23,24)10-6-7-13(18)15(8-10)20-17(22)12-9-16(21)19-14-5-3-2-4-11(12)14/h2-9H,1H3,(H,19,21)(H,20,22). The molecule has 2 aromatic carbocycles. The van der Waals surface area contributed by atoms with E-state index in [-0.39, 0.29) is 16.1 Å². The van der Waals surface area contributed by atoms with Crippen LogP contribution in [0.25, 0.3) is 10.9 Å². The predicted octanol–water partition coefficient (Wildman–Crippen LogP) is 2.32. The van der Waals surface area contributed by atoms with E-state index in [0.717, 1.165) is 30.5 Å². The monoisotopic (exact) mass is 360 g/mol. The van der Waals surface area contributed by atoms with Gasteiger partial charge in [0, 0.05) is 23.2 Å². The highest BCUT2D eigenvalue weighted by Crippen LogP contribution is 2.22. The second-order valence-corrected chi connectivity index (χ2v) is 7.48. The highest BCUT2D eigenvalue weighted by atomic mass is 32.2. The van der Waals surface area contributed by atoms with Gasteiger partial charge in [0.1, 0.15) is 5.82 Å². The van der Waals surface area contributed by atoms with Gasteiger partial charge in [-0.05, 0) is 24.3 Å². The zero-order valence-electron chi connectivity index (χ0n) is 13.0. The van der Waals surface area contributed by atoms with E-state index in [1.165, 1.54) is 0 Å². The maximum atomic E-state index is 13.9. The van der Waals surface area contributed by atoms with Crippen LogP contribution in [-0.2, 0) is 9.84 Å². The number of sulfone groups is 1. The third-order valence-corrected chi connectivity index (χ3v) is 4.72. The Hall–Kier alpha value is -3.00. The number of aromatic nitrogens is 1. The number of H-pyrrole nitrogens is 1. The first-order valence-corrected chi connectivity index (χ1v) is 9.08. The van der Waals surface area contributed by atoms with Crippen LogP contribution in [0.2, 0.25) is 0 Å². The minimum Gasteiger partial charge on any atom is -0.322 e. The van der Waals surface area contributed by atoms with E-state index in [2.05, 4.69) is 10.3 Å². The summed E-state index contributed by atoms with van der Waals surface area (Å²) < 4.78 is 37.1. The number of benzene rings is 2. The Balaban J connectivity index is 2.06. The van der Waals surface area contributed by atoms with Crippen molar-refractivity contribution in [3.8, 4) is 0 Å². The largest absolute Gasteiger partial charge is 0.322 e. The lowest BCUT2D eigenvalue weighted by Crippen LogP contribution is -2.17. The van der Waals surface area contributed by atoms with Crippen LogP contribution in [0.1, 0.15) is 10.4 Å². The number of anilines is 1. The third-order valence-electron chi connectivity index (χ3n) is 3.61. The van der Waals surface area contributed by atoms with E-state index in [9.17, 15) is 22.4 Å². The van der Waals surface area contributed by atoms with Crippen molar-refractivity contribution in [1.82, 2.24) is 4.98 Å². The molecular weight excluding hydrogens is 347 g/mol. The summed E-state index contributed by atoms with van der Waals surface area (Å²) in [4.78, 5) is 26.7. The van der Waals surface area contributed by atoms with E-state index >= 15 is 0 Å². The Morgan fingerprint density at radius 1 is 1.12 bits per heavy atom. The molecule has 0 saturated carbocycles. The quantitative estimate of drug-likeness (QED) is 0.701. The van der Waals surface area contributed by atoms with Crippen LogP contribution in [0.4, 0.5) is 10.1 Å². The van der Waals surface area contributed by atoms with Crippen LogP contribution in [0, 0.1) is 5.82 Å². The molecule has 25 heavy (non-hydrogen) atoms. The van der Waals surface area contributed by atoms with Crippen LogP contribution in [0.15, 0.2) is 58.2 Å². The lowest BCUT2D eigenvalue weighted by molar-refractivity contribution is 0.102. The fourth-order valence-corrected chi connectivity index (χ4v) is 3.06. The first-order valence-electron chi connectivity index (χ1n) is 7.19. The Morgan fingerprint density at radius 3 is 2.56 bits per heavy atom. The molecule has 0 radical (unpaired) electrons. The van der Waals surface area contributed by atoms with Gasteiger partial charge in [-0.1, -0.05) is 18.2 Å². The van der Waals surface area contributed by atoms with Gasteiger partial charge in [0.15, 0.2) is 9.84 Å². The number of nitrogens with one attached hydrogen (secondary N) is 2. The average molecular weight is 360 g/mol. The van der Waals surface area contributed by atoms with Crippen LogP contribution in [-0.4, -0.2) is 25.6 Å². The van der Waals surface area contributed by atoms with E-state index in [1.54, 1.807) is 24.3 Å². The number of amides is 1. The van der Waals surface area contributed by atoms with Crippen molar-refractivity contribution in [1.29, 1.82) is 0 Å². The van der Waals surface area contributed by atoms with Gasteiger partial charge in [0.05, 0.1) is 16.1 Å². The minimum absolute atomic E-state index is 0.0588. The molecule has 0 bridgehead atoms. The van der Waals surface area contributed by atoms with E-state index in [1.807, 2.05) is 0 Å². The van der Waals surface area contributed by atoms with Gasteiger partial charge in [-0.25, -0.2) is 12.8 Å². The normalized spacial score (nSPS) is 11.4. The summed E-state index contributed by atoms with van der Waals surface area (Å²) in [6, 6.07) is 10.9. The molecule has 8 heteroatoms. The fraction of sp³-hybridized carbons (Fsp3) is 0.0588. The van der Waals surface area contributed by atoms with E-state index in [0.29, 0.717) is 10.9 Å². The Kier molecular flexibility index (Phi) is 4.13. The summed E-state index contributed by atoms with van der Waals surface area (Å²) in [6.45, 7) is 0. The Labute approximate surface area is 142 Å². The number of rotatable bonds is 3. The maximum absolute atomic E-state index is 13.9. The second-order valence-electron chi connectivity index (χ2n) is 5.46. The molecule has 1 amide bonds. The van der Waals surface area contributed by atoms with E-state index < -0.39 is 27.1 Å². The number of fused-ring (bicyclic) bond motifs is 1. The number of carbonyl (C=O) groups is 1. The Morgan fingerprint density at radius 2 is 1.84 bits per heavy atom. The van der Waals surface area contributed by atoms with Crippen LogP contribution < -0.4 is 10.9 Å². The molecule has 3 rings (SSSR count). The lowest BCUT2D eigenvalue weighted by atomic mass is 10.1. The molecule has 1 heterocycles. The number of hydrogen-bond donors (Lipinski definition) is 2. The van der Waals surface area contributed by atoms with Gasteiger partial charge in [-0.2, -0.15) is 0 Å². The molecule has 2 N–H and O–H groups in total. The highest BCUT2D eigenvalue weighted by Gasteiger charge is 2.16. The molecule has 128 valence electrons. The van der Waals surface area contributed by atoms with E-state index in [4.69, 9.17) is 0 Å². The molecule has 0 aliphatic rings. The smallest absolute Gasteiger partial charge is 0.256 e. The molecule has 0 aliphatic carbocycles. The molecule has 3 aromatic rings. The number of pyridine rings is 1. The van der Waals surface area contributed by atoms with Crippen molar-refractivity contribution >= 4 is 32.3 Å². The highest BCUT2D eigenvalue weighted by molar-refractivity contribution is 7.90. The number of para-hydroxylation sites is 1. The lowest BCUT2D eigenvalue weighted by Gasteiger charge is -2.10. The molecule has 0 aliphatic heterocycles. The van der Waals surface area contributed by atoms with Gasteiger partial charge in [0.2, 0.25) is 5.56 Å². The number of carbonyl (C=O) groups excluding carboxylic acids is 1. The minimum atomic E-state index is -3.56. The Bertz CT molecular complexity index is 1150. The maximum Gasteiger partial charge on any atom is 0.256 e. The van der Waals surface area contributed by atoms with Crippen LogP contribution in [0.3, 0.4) is 0 Å². The molecule has 6 nitrogen and oxygen atoms in total. The van der Waals surface area contributed by atoms with Gasteiger partial charge in [-0.3, -0.25) is 9.59 Å². The molecule has 1 aromatic heterocycles. The van der Waals surface area contributed by atoms with Crippen LogP contribution >= 0.6 is 0 Å². The van der Waals surface area contributed by atoms with Crippen molar-refractivity contribution in [3.63, 3.8) is 0 Å². The first-order chi connectivity index (χ1) is 11.8. The molecule has 0 fully saturated rings. The topological polar surface area (TPSA) is 96.1 Å². The average Bonchev–Trinajstić information content (AvgIpc) is 2.54. The molecule has 0 atom stereocenters. The van der Waals surface area contributed by atoms with Gasteiger partial charge < -0.3 is 10.3 Å². The van der Waals surface area contributed by atoms with Crippen molar-refractivity contribution < 1.29 is 17.6 Å². The molecule has 0 unspecified atom stereocenters. The van der Waals surface area contributed by atoms with Crippen LogP contribution in [0.5, 0.6) is 0 Å². The summed E-state index contributed by atoms with van der Waals surface area (Å²) in [7, 11) is -3.56.